The molecule has 1 spiro atoms. The molecular weight excluding hydrogens is 417 g/mol. The predicted octanol–water partition coefficient (Wildman–Crippen LogP) is 3.55. The van der Waals surface area contributed by atoms with Crippen LogP contribution in [0.4, 0.5) is 5.69 Å². The highest BCUT2D eigenvalue weighted by molar-refractivity contribution is 14.1. The molecule has 1 amide bonds. The van der Waals surface area contributed by atoms with Gasteiger partial charge in [-0.3, -0.25) is 9.89 Å². The number of anilines is 1. The first-order valence-electron chi connectivity index (χ1n) is 7.77. The van der Waals surface area contributed by atoms with Crippen molar-refractivity contribution in [3.8, 4) is 5.75 Å². The van der Waals surface area contributed by atoms with E-state index in [1.807, 2.05) is 24.3 Å². The van der Waals surface area contributed by atoms with Gasteiger partial charge in [-0.15, -0.1) is 0 Å². The first-order valence-corrected chi connectivity index (χ1v) is 8.85. The summed E-state index contributed by atoms with van der Waals surface area (Å²) in [6.07, 6.45) is 0.808. The molecule has 2 heterocycles. The number of benzene rings is 2. The number of rotatable bonds is 2. The minimum Gasteiger partial charge on any atom is -0.496 e. The smallest absolute Gasteiger partial charge is 0.235 e. The van der Waals surface area contributed by atoms with Gasteiger partial charge >= 0.3 is 0 Å². The lowest BCUT2D eigenvalue weighted by Gasteiger charge is -2.12. The Morgan fingerprint density at radius 2 is 2.17 bits per heavy atom. The summed E-state index contributed by atoms with van der Waals surface area (Å²) in [4.78, 5) is 12.7. The van der Waals surface area contributed by atoms with Crippen molar-refractivity contribution in [2.24, 2.45) is 0 Å². The van der Waals surface area contributed by atoms with E-state index in [2.05, 4.69) is 50.2 Å². The van der Waals surface area contributed by atoms with Crippen molar-refractivity contribution >= 4 is 45.1 Å². The molecule has 3 aromatic rings. The standard InChI is InChI=1S/C18H14IN3O2/c1-24-15-7-10-14(21-22-16(10)19)6-9(15)12-8-18(12)11-4-2-3-5-13(11)20-17(18)23/h2-7,12H,8H2,1H3,(H,20,23)(H,21,22)/t12-,18+/m1/s1. The molecule has 24 heavy (non-hydrogen) atoms. The zero-order chi connectivity index (χ0) is 16.5. The van der Waals surface area contributed by atoms with Crippen molar-refractivity contribution in [1.82, 2.24) is 10.2 Å². The van der Waals surface area contributed by atoms with Crippen LogP contribution in [0.2, 0.25) is 0 Å². The number of ether oxygens (including phenoxy) is 1. The summed E-state index contributed by atoms with van der Waals surface area (Å²) in [7, 11) is 1.68. The summed E-state index contributed by atoms with van der Waals surface area (Å²) in [5, 5.41) is 11.4. The van der Waals surface area contributed by atoms with Crippen molar-refractivity contribution in [3.63, 3.8) is 0 Å². The molecule has 0 radical (unpaired) electrons. The van der Waals surface area contributed by atoms with Crippen molar-refractivity contribution in [1.29, 1.82) is 0 Å². The van der Waals surface area contributed by atoms with Crippen LogP contribution in [0, 0.1) is 3.70 Å². The van der Waals surface area contributed by atoms with Crippen LogP contribution in [0.1, 0.15) is 23.5 Å². The fraction of sp³-hybridized carbons (Fsp3) is 0.222. The summed E-state index contributed by atoms with van der Waals surface area (Å²) in [5.41, 5.74) is 3.62. The Morgan fingerprint density at radius 3 is 3.00 bits per heavy atom. The average molecular weight is 431 g/mol. The molecule has 2 N–H and O–H groups in total. The molecule has 1 saturated carbocycles. The topological polar surface area (TPSA) is 67.0 Å². The van der Waals surface area contributed by atoms with Gasteiger partial charge in [-0.05, 0) is 52.8 Å². The van der Waals surface area contributed by atoms with E-state index in [1.54, 1.807) is 7.11 Å². The summed E-state index contributed by atoms with van der Waals surface area (Å²) in [6.45, 7) is 0. The fourth-order valence-corrected chi connectivity index (χ4v) is 4.57. The van der Waals surface area contributed by atoms with E-state index in [0.29, 0.717) is 0 Å². The van der Waals surface area contributed by atoms with Gasteiger partial charge in [0, 0.05) is 22.6 Å². The van der Waals surface area contributed by atoms with E-state index in [0.717, 1.165) is 43.6 Å². The van der Waals surface area contributed by atoms with Gasteiger partial charge < -0.3 is 10.1 Å². The van der Waals surface area contributed by atoms with E-state index >= 15 is 0 Å². The highest BCUT2D eigenvalue weighted by atomic mass is 127. The molecule has 5 rings (SSSR count). The number of nitrogens with one attached hydrogen (secondary N) is 2. The first-order chi connectivity index (χ1) is 11.6. The molecule has 0 bridgehead atoms. The van der Waals surface area contributed by atoms with E-state index in [4.69, 9.17) is 4.74 Å². The Morgan fingerprint density at radius 1 is 1.33 bits per heavy atom. The number of methoxy groups -OCH3 is 1. The summed E-state index contributed by atoms with van der Waals surface area (Å²) >= 11 is 2.20. The Bertz CT molecular complexity index is 1010. The zero-order valence-electron chi connectivity index (χ0n) is 12.9. The number of carbonyl (C=O) groups is 1. The van der Waals surface area contributed by atoms with Crippen LogP contribution in [0.3, 0.4) is 0 Å². The maximum absolute atomic E-state index is 12.7. The zero-order valence-corrected chi connectivity index (χ0v) is 15.0. The summed E-state index contributed by atoms with van der Waals surface area (Å²) in [5.74, 6) is 1.04. The van der Waals surface area contributed by atoms with Crippen molar-refractivity contribution in [2.75, 3.05) is 12.4 Å². The Hall–Kier alpha value is -2.09. The molecule has 0 saturated heterocycles. The third-order valence-electron chi connectivity index (χ3n) is 5.26. The monoisotopic (exact) mass is 431 g/mol. The van der Waals surface area contributed by atoms with Crippen LogP contribution >= 0.6 is 22.6 Å². The molecule has 6 heteroatoms. The molecular formula is C18H14IN3O2. The molecule has 1 aliphatic carbocycles. The maximum atomic E-state index is 12.7. The first kappa shape index (κ1) is 14.3. The van der Waals surface area contributed by atoms with Gasteiger partial charge in [0.1, 0.15) is 9.45 Å². The van der Waals surface area contributed by atoms with Gasteiger partial charge in [0.2, 0.25) is 5.91 Å². The van der Waals surface area contributed by atoms with Crippen LogP contribution in [0.15, 0.2) is 36.4 Å². The fourth-order valence-electron chi connectivity index (χ4n) is 4.00. The van der Waals surface area contributed by atoms with Crippen LogP contribution in [0.5, 0.6) is 5.75 Å². The lowest BCUT2D eigenvalue weighted by Crippen LogP contribution is -2.21. The lowest BCUT2D eigenvalue weighted by molar-refractivity contribution is -0.118. The largest absolute Gasteiger partial charge is 0.496 e. The number of hydrogen-bond donors (Lipinski definition) is 2. The second kappa shape index (κ2) is 4.72. The average Bonchev–Trinajstić information content (AvgIpc) is 3.16. The van der Waals surface area contributed by atoms with Gasteiger partial charge in [0.15, 0.2) is 0 Å². The quantitative estimate of drug-likeness (QED) is 0.610. The molecule has 2 aliphatic rings. The number of para-hydroxylation sites is 1. The molecule has 1 fully saturated rings. The van der Waals surface area contributed by atoms with Crippen LogP contribution in [-0.4, -0.2) is 23.2 Å². The van der Waals surface area contributed by atoms with Crippen LogP contribution < -0.4 is 10.1 Å². The number of fused-ring (bicyclic) bond motifs is 3. The number of aromatic nitrogens is 2. The number of H-pyrrole nitrogens is 1. The van der Waals surface area contributed by atoms with Gasteiger partial charge in [0.25, 0.3) is 0 Å². The highest BCUT2D eigenvalue weighted by Crippen LogP contribution is 2.66. The summed E-state index contributed by atoms with van der Waals surface area (Å²) < 4.78 is 6.55. The minimum atomic E-state index is -0.454. The van der Waals surface area contributed by atoms with Crippen molar-refractivity contribution in [2.45, 2.75) is 17.8 Å². The number of hydrogen-bond acceptors (Lipinski definition) is 3. The molecule has 0 unspecified atom stereocenters. The van der Waals surface area contributed by atoms with Gasteiger partial charge in [-0.25, -0.2) is 0 Å². The second-order valence-corrected chi connectivity index (χ2v) is 7.40. The van der Waals surface area contributed by atoms with Gasteiger partial charge in [-0.2, -0.15) is 5.10 Å². The lowest BCUT2D eigenvalue weighted by atomic mass is 9.91. The van der Waals surface area contributed by atoms with Crippen LogP contribution in [-0.2, 0) is 10.2 Å². The number of carbonyl (C=O) groups excluding carboxylic acids is 1. The molecule has 120 valence electrons. The van der Waals surface area contributed by atoms with E-state index in [1.165, 1.54) is 0 Å². The number of nitrogens with zero attached hydrogens (tertiary/aromatic N) is 1. The number of amides is 1. The molecule has 2 atom stereocenters. The predicted molar refractivity (Wildman–Crippen MR) is 99.5 cm³/mol. The number of halogens is 1. The normalized spacial score (nSPS) is 24.2. The second-order valence-electron chi connectivity index (χ2n) is 6.38. The van der Waals surface area contributed by atoms with E-state index < -0.39 is 5.41 Å². The molecule has 1 aromatic heterocycles. The Labute approximate surface area is 151 Å². The third kappa shape index (κ3) is 1.69. The van der Waals surface area contributed by atoms with Crippen molar-refractivity contribution < 1.29 is 9.53 Å². The molecule has 2 aromatic carbocycles. The summed E-state index contributed by atoms with van der Waals surface area (Å²) in [6, 6.07) is 12.1. The Kier molecular flexibility index (Phi) is 2.81. The molecule has 5 nitrogen and oxygen atoms in total. The van der Waals surface area contributed by atoms with Gasteiger partial charge in [0.05, 0.1) is 18.0 Å². The molecule has 1 aliphatic heterocycles. The maximum Gasteiger partial charge on any atom is 0.235 e. The van der Waals surface area contributed by atoms with Crippen molar-refractivity contribution in [3.05, 3.63) is 51.2 Å². The van der Waals surface area contributed by atoms with E-state index in [9.17, 15) is 4.79 Å². The van der Waals surface area contributed by atoms with E-state index in [-0.39, 0.29) is 11.8 Å². The minimum absolute atomic E-state index is 0.0926. The SMILES string of the molecule is COc1cc2c(I)n[nH]c2cc1[C@H]1C[C@@]12C(=O)Nc1ccccc12. The van der Waals surface area contributed by atoms with Gasteiger partial charge in [-0.1, -0.05) is 18.2 Å². The van der Waals surface area contributed by atoms with Crippen LogP contribution in [0.25, 0.3) is 10.9 Å². The highest BCUT2D eigenvalue weighted by Gasteiger charge is 2.65. The third-order valence-corrected chi connectivity index (χ3v) is 6.09. The Balaban J connectivity index is 1.67. The number of aromatic amines is 1.